The highest BCUT2D eigenvalue weighted by Crippen LogP contribution is 2.19. The first-order chi connectivity index (χ1) is 9.06. The van der Waals surface area contributed by atoms with Crippen molar-refractivity contribution in [2.45, 2.75) is 25.3 Å². The Kier molecular flexibility index (Phi) is 4.52. The zero-order chi connectivity index (χ0) is 13.8. The third kappa shape index (κ3) is 4.31. The normalized spacial score (nSPS) is 14.0. The van der Waals surface area contributed by atoms with Gasteiger partial charge in [0, 0.05) is 23.5 Å². The van der Waals surface area contributed by atoms with Crippen molar-refractivity contribution >= 4 is 27.7 Å². The predicted molar refractivity (Wildman–Crippen MR) is 72.2 cm³/mol. The average Bonchev–Trinajstić information content (AvgIpc) is 3.16. The van der Waals surface area contributed by atoms with Crippen molar-refractivity contribution in [2.75, 3.05) is 6.54 Å². The van der Waals surface area contributed by atoms with Gasteiger partial charge in [-0.05, 0) is 47.0 Å². The minimum absolute atomic E-state index is 0.0684. The number of hydrogen-bond acceptors (Lipinski definition) is 2. The summed E-state index contributed by atoms with van der Waals surface area (Å²) in [4.78, 5) is 23.2. The molecule has 102 valence electrons. The number of benzene rings is 1. The number of carbonyl (C=O) groups is 2. The minimum Gasteiger partial charge on any atom is -0.353 e. The zero-order valence-electron chi connectivity index (χ0n) is 10.2. The van der Waals surface area contributed by atoms with Crippen molar-refractivity contribution in [3.05, 3.63) is 34.1 Å². The summed E-state index contributed by atoms with van der Waals surface area (Å²) in [5.41, 5.74) is 0.225. The molecule has 0 aromatic heterocycles. The van der Waals surface area contributed by atoms with Gasteiger partial charge < -0.3 is 10.6 Å². The molecule has 0 bridgehead atoms. The van der Waals surface area contributed by atoms with E-state index in [2.05, 4.69) is 26.6 Å². The summed E-state index contributed by atoms with van der Waals surface area (Å²) in [6.07, 6.45) is 2.30. The van der Waals surface area contributed by atoms with E-state index < -0.39 is 11.7 Å². The van der Waals surface area contributed by atoms with Crippen LogP contribution in [0.3, 0.4) is 0 Å². The lowest BCUT2D eigenvalue weighted by Crippen LogP contribution is -2.31. The lowest BCUT2D eigenvalue weighted by Gasteiger charge is -2.07. The van der Waals surface area contributed by atoms with Crippen LogP contribution in [0.4, 0.5) is 4.39 Å². The average molecular weight is 329 g/mol. The fourth-order valence-corrected chi connectivity index (χ4v) is 2.01. The Hall–Kier alpha value is -1.43. The Morgan fingerprint density at radius 2 is 2.11 bits per heavy atom. The Morgan fingerprint density at radius 1 is 1.37 bits per heavy atom. The van der Waals surface area contributed by atoms with E-state index in [9.17, 15) is 14.0 Å². The minimum atomic E-state index is -0.472. The first-order valence-corrected chi connectivity index (χ1v) is 6.88. The third-order valence-electron chi connectivity index (χ3n) is 2.75. The first kappa shape index (κ1) is 14.0. The highest BCUT2D eigenvalue weighted by molar-refractivity contribution is 9.10. The summed E-state index contributed by atoms with van der Waals surface area (Å²) in [6, 6.07) is 4.22. The molecule has 0 aliphatic heterocycles. The number of halogens is 2. The van der Waals surface area contributed by atoms with Crippen LogP contribution < -0.4 is 10.6 Å². The first-order valence-electron chi connectivity index (χ1n) is 6.09. The molecule has 0 atom stereocenters. The largest absolute Gasteiger partial charge is 0.353 e. The second-order valence-electron chi connectivity index (χ2n) is 4.47. The third-order valence-corrected chi connectivity index (χ3v) is 3.44. The summed E-state index contributed by atoms with van der Waals surface area (Å²) in [6.45, 7) is 0.236. The fraction of sp³-hybridized carbons (Fsp3) is 0.385. The molecule has 0 heterocycles. The molecule has 0 radical (unpaired) electrons. The van der Waals surface area contributed by atoms with E-state index in [1.54, 1.807) is 0 Å². The Balaban J connectivity index is 1.80. The smallest absolute Gasteiger partial charge is 0.252 e. The molecule has 1 aliphatic carbocycles. The molecular weight excluding hydrogens is 315 g/mol. The van der Waals surface area contributed by atoms with E-state index in [0.29, 0.717) is 10.5 Å². The van der Waals surface area contributed by atoms with E-state index in [0.717, 1.165) is 18.9 Å². The van der Waals surface area contributed by atoms with Gasteiger partial charge in [0.15, 0.2) is 0 Å². The van der Waals surface area contributed by atoms with Gasteiger partial charge in [-0.2, -0.15) is 0 Å². The quantitative estimate of drug-likeness (QED) is 0.868. The van der Waals surface area contributed by atoms with Crippen molar-refractivity contribution in [1.29, 1.82) is 0 Å². The van der Waals surface area contributed by atoms with Crippen molar-refractivity contribution in [1.82, 2.24) is 10.6 Å². The SMILES string of the molecule is O=C(CCNC(=O)c1cc(F)ccc1Br)NC1CC1. The van der Waals surface area contributed by atoms with Crippen LogP contribution in [0.2, 0.25) is 0 Å². The fourth-order valence-electron chi connectivity index (χ4n) is 1.58. The van der Waals surface area contributed by atoms with Crippen LogP contribution >= 0.6 is 15.9 Å². The van der Waals surface area contributed by atoms with Crippen molar-refractivity contribution in [2.24, 2.45) is 0 Å². The molecule has 2 amide bonds. The Bertz CT molecular complexity index is 503. The summed E-state index contributed by atoms with van der Waals surface area (Å²) >= 11 is 3.19. The van der Waals surface area contributed by atoms with Gasteiger partial charge in [0.05, 0.1) is 5.56 Å². The molecule has 19 heavy (non-hydrogen) atoms. The van der Waals surface area contributed by atoms with Crippen LogP contribution in [-0.4, -0.2) is 24.4 Å². The molecule has 0 saturated heterocycles. The molecule has 1 aromatic carbocycles. The second kappa shape index (κ2) is 6.14. The molecule has 1 saturated carbocycles. The van der Waals surface area contributed by atoms with Gasteiger partial charge in [-0.1, -0.05) is 0 Å². The van der Waals surface area contributed by atoms with Gasteiger partial charge in [0.2, 0.25) is 5.91 Å². The molecule has 0 spiro atoms. The lowest BCUT2D eigenvalue weighted by molar-refractivity contribution is -0.121. The van der Waals surface area contributed by atoms with Crippen molar-refractivity contribution < 1.29 is 14.0 Å². The molecule has 4 nitrogen and oxygen atoms in total. The van der Waals surface area contributed by atoms with Gasteiger partial charge in [0.25, 0.3) is 5.91 Å². The molecule has 1 aliphatic rings. The van der Waals surface area contributed by atoms with E-state index in [1.807, 2.05) is 0 Å². The predicted octanol–water partition coefficient (Wildman–Crippen LogP) is 1.99. The monoisotopic (exact) mass is 328 g/mol. The van der Waals surface area contributed by atoms with Crippen LogP contribution in [0.15, 0.2) is 22.7 Å². The van der Waals surface area contributed by atoms with Gasteiger partial charge in [-0.3, -0.25) is 9.59 Å². The molecule has 1 aromatic rings. The lowest BCUT2D eigenvalue weighted by atomic mass is 10.2. The van der Waals surface area contributed by atoms with Crippen LogP contribution in [0.1, 0.15) is 29.6 Å². The summed E-state index contributed by atoms with van der Waals surface area (Å²) in [5.74, 6) is -0.938. The Labute approximate surface area is 118 Å². The van der Waals surface area contributed by atoms with Crippen molar-refractivity contribution in [3.8, 4) is 0 Å². The number of rotatable bonds is 5. The molecule has 1 fully saturated rings. The van der Waals surface area contributed by atoms with Crippen molar-refractivity contribution in [3.63, 3.8) is 0 Å². The number of hydrogen-bond donors (Lipinski definition) is 2. The van der Waals surface area contributed by atoms with Gasteiger partial charge in [0.1, 0.15) is 5.82 Å². The van der Waals surface area contributed by atoms with Gasteiger partial charge >= 0.3 is 0 Å². The molecule has 2 rings (SSSR count). The molecule has 0 unspecified atom stereocenters. The molecule has 2 N–H and O–H groups in total. The van der Waals surface area contributed by atoms with Crippen LogP contribution in [0, 0.1) is 5.82 Å². The van der Waals surface area contributed by atoms with Gasteiger partial charge in [-0.15, -0.1) is 0 Å². The maximum Gasteiger partial charge on any atom is 0.252 e. The number of nitrogens with one attached hydrogen (secondary N) is 2. The standard InChI is InChI=1S/C13H14BrFN2O2/c14-11-4-1-8(15)7-10(11)13(19)16-6-5-12(18)17-9-2-3-9/h1,4,7,9H,2-3,5-6H2,(H,16,19)(H,17,18). The summed E-state index contributed by atoms with van der Waals surface area (Å²) < 4.78 is 13.6. The van der Waals surface area contributed by atoms with Crippen LogP contribution in [-0.2, 0) is 4.79 Å². The highest BCUT2D eigenvalue weighted by atomic mass is 79.9. The summed E-state index contributed by atoms with van der Waals surface area (Å²) in [7, 11) is 0. The number of amides is 2. The maximum atomic E-state index is 13.0. The number of carbonyl (C=O) groups excluding carboxylic acids is 2. The Morgan fingerprint density at radius 3 is 2.79 bits per heavy atom. The maximum absolute atomic E-state index is 13.0. The van der Waals surface area contributed by atoms with Gasteiger partial charge in [-0.25, -0.2) is 4.39 Å². The zero-order valence-corrected chi connectivity index (χ0v) is 11.8. The van der Waals surface area contributed by atoms with Crippen LogP contribution in [0.25, 0.3) is 0 Å². The summed E-state index contributed by atoms with van der Waals surface area (Å²) in [5, 5.41) is 5.42. The molecule has 6 heteroatoms. The molecular formula is C13H14BrFN2O2. The van der Waals surface area contributed by atoms with E-state index in [1.165, 1.54) is 12.1 Å². The topological polar surface area (TPSA) is 58.2 Å². The van der Waals surface area contributed by atoms with E-state index >= 15 is 0 Å². The highest BCUT2D eigenvalue weighted by Gasteiger charge is 2.22. The van der Waals surface area contributed by atoms with E-state index in [-0.39, 0.29) is 24.4 Å². The van der Waals surface area contributed by atoms with Crippen LogP contribution in [0.5, 0.6) is 0 Å². The second-order valence-corrected chi connectivity index (χ2v) is 5.33. The van der Waals surface area contributed by atoms with E-state index in [4.69, 9.17) is 0 Å².